The summed E-state index contributed by atoms with van der Waals surface area (Å²) in [4.78, 5) is 2.10. The number of nitrogens with zero attached hydrogens (tertiary/aromatic N) is 1. The van der Waals surface area contributed by atoms with Crippen LogP contribution in [0, 0.1) is 0 Å². The van der Waals surface area contributed by atoms with Crippen molar-refractivity contribution in [3.05, 3.63) is 29.6 Å². The van der Waals surface area contributed by atoms with E-state index >= 15 is 0 Å². The molecule has 0 spiro atoms. The topological polar surface area (TPSA) is 41.3 Å². The number of fused-ring (bicyclic) bond motifs is 1. The zero-order valence-electron chi connectivity index (χ0n) is 8.03. The predicted octanol–water partition coefficient (Wildman–Crippen LogP) is 1.76. The number of hydrazine groups is 1. The Bertz CT molecular complexity index is 424. The molecule has 0 amide bonds. The van der Waals surface area contributed by atoms with E-state index in [0.29, 0.717) is 6.67 Å². The van der Waals surface area contributed by atoms with Crippen molar-refractivity contribution in [3.8, 4) is 0 Å². The molecular weight excluding hydrogens is 194 g/mol. The van der Waals surface area contributed by atoms with E-state index in [0.717, 1.165) is 0 Å². The minimum atomic E-state index is 0.653. The normalized spacial score (nSPS) is 10.7. The summed E-state index contributed by atoms with van der Waals surface area (Å²) in [5.41, 5.74) is 3.88. The summed E-state index contributed by atoms with van der Waals surface area (Å²) in [7, 11) is 2.02. The van der Waals surface area contributed by atoms with Crippen molar-refractivity contribution in [3.63, 3.8) is 0 Å². The lowest BCUT2D eigenvalue weighted by atomic mass is 10.2. The fraction of sp³-hybridized carbons (Fsp3) is 0.200. The van der Waals surface area contributed by atoms with E-state index in [9.17, 15) is 0 Å². The van der Waals surface area contributed by atoms with Crippen LogP contribution in [0.4, 0.5) is 5.69 Å². The zero-order chi connectivity index (χ0) is 9.97. The average Bonchev–Trinajstić information content (AvgIpc) is 2.61. The van der Waals surface area contributed by atoms with Crippen LogP contribution >= 0.6 is 11.3 Å². The maximum atomic E-state index is 5.29. The van der Waals surface area contributed by atoms with Gasteiger partial charge < -0.3 is 4.90 Å². The van der Waals surface area contributed by atoms with Crippen LogP contribution in [-0.2, 0) is 0 Å². The van der Waals surface area contributed by atoms with Crippen molar-refractivity contribution in [1.29, 1.82) is 0 Å². The van der Waals surface area contributed by atoms with Gasteiger partial charge in [-0.15, -0.1) is 11.3 Å². The first-order valence-corrected chi connectivity index (χ1v) is 5.31. The van der Waals surface area contributed by atoms with Gasteiger partial charge in [-0.2, -0.15) is 0 Å². The Morgan fingerprint density at radius 2 is 2.21 bits per heavy atom. The highest BCUT2D eigenvalue weighted by atomic mass is 32.1. The summed E-state index contributed by atoms with van der Waals surface area (Å²) in [5, 5.41) is 3.44. The molecule has 0 aliphatic carbocycles. The molecule has 1 aromatic carbocycles. The Hall–Kier alpha value is -1.10. The van der Waals surface area contributed by atoms with Crippen LogP contribution in [0.2, 0.25) is 0 Å². The summed E-state index contributed by atoms with van der Waals surface area (Å²) >= 11 is 1.76. The molecule has 0 aliphatic rings. The van der Waals surface area contributed by atoms with Crippen LogP contribution < -0.4 is 16.2 Å². The highest BCUT2D eigenvalue weighted by molar-refractivity contribution is 7.17. The summed E-state index contributed by atoms with van der Waals surface area (Å²) in [6.07, 6.45) is 0. The fourth-order valence-electron chi connectivity index (χ4n) is 1.48. The molecule has 0 saturated heterocycles. The minimum Gasteiger partial charge on any atom is -0.359 e. The van der Waals surface area contributed by atoms with Crippen molar-refractivity contribution < 1.29 is 0 Å². The summed E-state index contributed by atoms with van der Waals surface area (Å²) in [6.45, 7) is 0.653. The number of nitrogens with two attached hydrogens (primary N) is 1. The first-order valence-electron chi connectivity index (χ1n) is 4.44. The van der Waals surface area contributed by atoms with Crippen molar-refractivity contribution in [2.24, 2.45) is 5.84 Å². The molecule has 0 bridgehead atoms. The molecular formula is C10H13N3S. The molecule has 0 saturated carbocycles. The zero-order valence-corrected chi connectivity index (χ0v) is 8.84. The number of hydrogen-bond donors (Lipinski definition) is 2. The summed E-state index contributed by atoms with van der Waals surface area (Å²) in [5.74, 6) is 5.29. The molecule has 2 rings (SSSR count). The van der Waals surface area contributed by atoms with E-state index in [2.05, 4.69) is 40.0 Å². The van der Waals surface area contributed by atoms with Gasteiger partial charge in [0, 0.05) is 22.5 Å². The van der Waals surface area contributed by atoms with Gasteiger partial charge in [0.05, 0.1) is 12.4 Å². The molecule has 14 heavy (non-hydrogen) atoms. The molecule has 0 atom stereocenters. The lowest BCUT2D eigenvalue weighted by Gasteiger charge is -2.17. The second-order valence-electron chi connectivity index (χ2n) is 3.18. The van der Waals surface area contributed by atoms with E-state index in [1.807, 2.05) is 7.05 Å². The van der Waals surface area contributed by atoms with Gasteiger partial charge in [0.2, 0.25) is 0 Å². The predicted molar refractivity (Wildman–Crippen MR) is 62.4 cm³/mol. The van der Waals surface area contributed by atoms with Gasteiger partial charge in [-0.25, -0.2) is 5.43 Å². The highest BCUT2D eigenvalue weighted by Gasteiger charge is 2.06. The molecule has 4 heteroatoms. The molecule has 1 aromatic heterocycles. The molecule has 74 valence electrons. The number of nitrogens with one attached hydrogen (secondary N) is 1. The third kappa shape index (κ3) is 1.59. The van der Waals surface area contributed by atoms with Crippen molar-refractivity contribution in [2.45, 2.75) is 0 Å². The van der Waals surface area contributed by atoms with E-state index in [4.69, 9.17) is 5.84 Å². The first kappa shape index (κ1) is 9.45. The Kier molecular flexibility index (Phi) is 2.67. The lowest BCUT2D eigenvalue weighted by Crippen LogP contribution is -2.35. The van der Waals surface area contributed by atoms with E-state index in [-0.39, 0.29) is 0 Å². The van der Waals surface area contributed by atoms with Gasteiger partial charge >= 0.3 is 0 Å². The Balaban J connectivity index is 2.42. The molecule has 2 aromatic rings. The van der Waals surface area contributed by atoms with Crippen LogP contribution in [0.3, 0.4) is 0 Å². The quantitative estimate of drug-likeness (QED) is 0.458. The maximum absolute atomic E-state index is 5.29. The maximum Gasteiger partial charge on any atom is 0.0805 e. The second-order valence-corrected chi connectivity index (χ2v) is 4.09. The molecule has 0 aliphatic heterocycles. The van der Waals surface area contributed by atoms with Gasteiger partial charge in [-0.05, 0) is 6.07 Å². The summed E-state index contributed by atoms with van der Waals surface area (Å²) in [6, 6.07) is 8.38. The van der Waals surface area contributed by atoms with E-state index in [1.165, 1.54) is 15.8 Å². The Morgan fingerprint density at radius 3 is 3.00 bits per heavy atom. The average molecular weight is 207 g/mol. The molecule has 0 unspecified atom stereocenters. The third-order valence-corrected chi connectivity index (χ3v) is 3.15. The summed E-state index contributed by atoms with van der Waals surface area (Å²) < 4.78 is 1.31. The van der Waals surface area contributed by atoms with Crippen LogP contribution in [0.25, 0.3) is 10.1 Å². The standard InChI is InChI=1S/C10H13N3S/c1-13(7-12-11)9-6-14-10-5-3-2-4-8(9)10/h2-6,12H,7,11H2,1H3. The largest absolute Gasteiger partial charge is 0.359 e. The van der Waals surface area contributed by atoms with Crippen LogP contribution in [0.1, 0.15) is 0 Å². The van der Waals surface area contributed by atoms with Crippen molar-refractivity contribution in [1.82, 2.24) is 5.43 Å². The molecule has 1 heterocycles. The molecule has 0 fully saturated rings. The van der Waals surface area contributed by atoms with Crippen molar-refractivity contribution >= 4 is 27.1 Å². The Labute approximate surface area is 87.1 Å². The number of thiophene rings is 1. The van der Waals surface area contributed by atoms with Gasteiger partial charge in [-0.1, -0.05) is 18.2 Å². The highest BCUT2D eigenvalue weighted by Crippen LogP contribution is 2.31. The smallest absolute Gasteiger partial charge is 0.0805 e. The number of hydrogen-bond acceptors (Lipinski definition) is 4. The van der Waals surface area contributed by atoms with Gasteiger partial charge in [0.15, 0.2) is 0 Å². The SMILES string of the molecule is CN(CNN)c1csc2ccccc12. The number of rotatable bonds is 3. The van der Waals surface area contributed by atoms with Gasteiger partial charge in [-0.3, -0.25) is 5.84 Å². The van der Waals surface area contributed by atoms with E-state index < -0.39 is 0 Å². The molecule has 3 N–H and O–H groups in total. The van der Waals surface area contributed by atoms with Crippen LogP contribution in [0.5, 0.6) is 0 Å². The minimum absolute atomic E-state index is 0.653. The van der Waals surface area contributed by atoms with Crippen LogP contribution in [0.15, 0.2) is 29.6 Å². The first-order chi connectivity index (χ1) is 6.83. The number of benzene rings is 1. The van der Waals surface area contributed by atoms with E-state index in [1.54, 1.807) is 11.3 Å². The molecule has 3 nitrogen and oxygen atoms in total. The van der Waals surface area contributed by atoms with Crippen LogP contribution in [-0.4, -0.2) is 13.7 Å². The van der Waals surface area contributed by atoms with Gasteiger partial charge in [0.1, 0.15) is 0 Å². The Morgan fingerprint density at radius 1 is 1.43 bits per heavy atom. The second kappa shape index (κ2) is 3.96. The fourth-order valence-corrected chi connectivity index (χ4v) is 2.48. The molecule has 0 radical (unpaired) electrons. The van der Waals surface area contributed by atoms with Crippen molar-refractivity contribution in [2.75, 3.05) is 18.6 Å². The number of anilines is 1. The monoisotopic (exact) mass is 207 g/mol. The third-order valence-electron chi connectivity index (χ3n) is 2.20. The lowest BCUT2D eigenvalue weighted by molar-refractivity contribution is 0.720. The van der Waals surface area contributed by atoms with Gasteiger partial charge in [0.25, 0.3) is 0 Å².